The van der Waals surface area contributed by atoms with Gasteiger partial charge in [-0.25, -0.2) is 4.79 Å². The highest BCUT2D eigenvalue weighted by atomic mass is 35.5. The Morgan fingerprint density at radius 2 is 1.19 bits per heavy atom. The molecule has 0 unspecified atom stereocenters. The number of aromatic hydroxyl groups is 4. The van der Waals surface area contributed by atoms with Crippen molar-refractivity contribution >= 4 is 76.4 Å². The molecule has 682 valence electrons. The quantitative estimate of drug-likeness (QED) is 0.0430. The fourth-order valence-corrected chi connectivity index (χ4v) is 16.8. The highest BCUT2D eigenvalue weighted by molar-refractivity contribution is 6.33. The van der Waals surface area contributed by atoms with Crippen molar-refractivity contribution in [2.45, 2.75) is 181 Å². The van der Waals surface area contributed by atoms with Crippen LogP contribution in [0, 0.1) is 0 Å². The number of fused-ring (bicyclic) bond motifs is 14. The van der Waals surface area contributed by atoms with E-state index in [4.69, 9.17) is 61.1 Å². The van der Waals surface area contributed by atoms with Crippen molar-refractivity contribution in [2.75, 3.05) is 54.0 Å². The third-order valence-corrected chi connectivity index (χ3v) is 24.2. The lowest BCUT2D eigenvalue weighted by Crippen LogP contribution is -2.66. The molecule has 0 saturated carbocycles. The molecular formula is C88H98Cl2N10O28. The second-order valence-corrected chi connectivity index (χ2v) is 33.0. The molecule has 9 aliphatic heterocycles. The Balaban J connectivity index is 1.000. The maximum absolute atomic E-state index is 16.9. The maximum atomic E-state index is 16.9. The lowest BCUT2D eigenvalue weighted by Gasteiger charge is -2.41. The second kappa shape index (κ2) is 39.8. The van der Waals surface area contributed by atoms with Crippen molar-refractivity contribution in [2.24, 2.45) is 0 Å². The van der Waals surface area contributed by atoms with Gasteiger partial charge in [0.25, 0.3) is 0 Å². The number of unbranched alkanes of at least 4 members (excludes halogenated alkanes) is 7. The predicted molar refractivity (Wildman–Crippen MR) is 450 cm³/mol. The number of hydrogen-bond acceptors (Lipinski definition) is 30. The molecule has 0 aromatic heterocycles. The van der Waals surface area contributed by atoms with Gasteiger partial charge in [0.15, 0.2) is 29.1 Å². The minimum atomic E-state index is -2.43. The molecule has 16 rings (SSSR count). The predicted octanol–water partition coefficient (Wildman–Crippen LogP) is 3.72. The molecule has 0 spiro atoms. The lowest BCUT2D eigenvalue weighted by atomic mass is 9.89. The van der Waals surface area contributed by atoms with Crippen LogP contribution in [0.3, 0.4) is 0 Å². The van der Waals surface area contributed by atoms with Crippen LogP contribution in [0.5, 0.6) is 69.0 Å². The van der Waals surface area contributed by atoms with E-state index >= 15 is 28.8 Å². The Morgan fingerprint density at radius 1 is 0.547 bits per heavy atom. The highest BCUT2D eigenvalue weighted by Crippen LogP contribution is 2.51. The third kappa shape index (κ3) is 19.9. The number of carbonyl (C=O) groups is 9. The van der Waals surface area contributed by atoms with Crippen LogP contribution in [0.15, 0.2) is 115 Å². The number of esters is 1. The Kier molecular flexibility index (Phi) is 28.7. The number of aliphatic hydroxyl groups excluding tert-OH is 7. The molecule has 7 aromatic rings. The molecule has 17 bridgehead atoms. The van der Waals surface area contributed by atoms with Gasteiger partial charge in [0.1, 0.15) is 131 Å². The van der Waals surface area contributed by atoms with E-state index in [-0.39, 0.29) is 61.0 Å². The number of ether oxygens (including phenoxy) is 8. The van der Waals surface area contributed by atoms with Crippen molar-refractivity contribution in [3.63, 3.8) is 0 Å². The summed E-state index contributed by atoms with van der Waals surface area (Å²) in [5.41, 5.74) is -2.46. The number of phenolic OH excluding ortho intramolecular Hbond substituents is 4. The van der Waals surface area contributed by atoms with Crippen molar-refractivity contribution in [3.8, 4) is 80.1 Å². The average molecular weight is 1810 g/mol. The van der Waals surface area contributed by atoms with E-state index in [1.54, 1.807) is 7.05 Å². The van der Waals surface area contributed by atoms with Crippen molar-refractivity contribution in [3.05, 3.63) is 164 Å². The molecule has 8 amide bonds. The molecule has 3 saturated heterocycles. The minimum Gasteiger partial charge on any atom is -0.508 e. The third-order valence-electron chi connectivity index (χ3n) is 23.5. The number of likely N-dealkylation sites (N-methyl/N-ethyl adjacent to an activating group) is 2. The summed E-state index contributed by atoms with van der Waals surface area (Å²) in [5, 5.41) is 149. The molecule has 38 nitrogen and oxygen atoms in total. The molecule has 3 fully saturated rings. The van der Waals surface area contributed by atoms with Gasteiger partial charge in [0, 0.05) is 67.8 Å². The summed E-state index contributed by atoms with van der Waals surface area (Å²) in [6.45, 7) is 1.75. The first-order chi connectivity index (χ1) is 61.3. The van der Waals surface area contributed by atoms with E-state index < -0.39 is 271 Å². The zero-order valence-corrected chi connectivity index (χ0v) is 71.0. The van der Waals surface area contributed by atoms with E-state index in [2.05, 4.69) is 49.5 Å². The standard InChI is InChI=1S/C88H98Cl2N10O28/c1-5-6-7-8-9-10-11-12-13-61(106)93-70-73(109)75(111)78(86(120)121-4)128-87(70)127-77-58-32-43-33-59(77)124-55-23-18-42(30-50(55)89)71(107)69-84(118)97-68(85(119)100-26-24-99(3)25-27-100)48-34-44(102)35-57(125-88-76(112)74(110)72(108)60(38-101)126-88)62(48)47-29-40(16-21-52(47)103)65(81(115)98-69)94-82(116)66(43)95-83(117)67-49-36-46(37-54(105)63(49)90)123-56-31-41(17-22-53(56)104)64(91-2)80(114)92-51(79(113)96-67)28-39-14-19-45(122-58)20-15-39/h14-23,29-37,51,60,64-76,78,87-88,91,101-105,107-112H,5-13,24-28,38H2,1-4H3,(H,92,114)(H,93,106)(H,94,116)(H,95,117)(H,96,113)(H,97,118)(H,98,115)/t51-,60-,64+,65-,66-,67+,68-,69+,70-,71-,72-,73-,74+,75+,76+,78+,87-,88+/m1/s1. The number of carbonyl (C=O) groups excluding carboxylic acids is 9. The molecule has 9 heterocycles. The van der Waals surface area contributed by atoms with E-state index in [0.717, 1.165) is 112 Å². The number of benzene rings is 7. The monoisotopic (exact) mass is 1810 g/mol. The number of rotatable bonds is 18. The summed E-state index contributed by atoms with van der Waals surface area (Å²) in [6, 6.07) is 6.32. The first-order valence-corrected chi connectivity index (χ1v) is 42.4. The fraction of sp³-hybridized carbons (Fsp3) is 0.420. The number of nitrogens with one attached hydrogen (secondary N) is 8. The van der Waals surface area contributed by atoms with Gasteiger partial charge in [-0.2, -0.15) is 0 Å². The number of phenols is 4. The van der Waals surface area contributed by atoms with Crippen LogP contribution in [0.4, 0.5) is 0 Å². The van der Waals surface area contributed by atoms with E-state index in [1.807, 2.05) is 4.90 Å². The topological polar surface area (TPSA) is 553 Å². The molecule has 128 heavy (non-hydrogen) atoms. The van der Waals surface area contributed by atoms with E-state index in [1.165, 1.54) is 60.5 Å². The lowest BCUT2D eigenvalue weighted by molar-refractivity contribution is -0.277. The number of hydrogen-bond donors (Lipinski definition) is 19. The minimum absolute atomic E-state index is 0.0201. The van der Waals surface area contributed by atoms with Crippen molar-refractivity contribution in [1.29, 1.82) is 0 Å². The zero-order valence-electron chi connectivity index (χ0n) is 69.5. The molecule has 0 aliphatic carbocycles. The summed E-state index contributed by atoms with van der Waals surface area (Å²) >= 11 is 14.4. The average Bonchev–Trinajstić information content (AvgIpc) is 0.536. The molecule has 19 N–H and O–H groups in total. The Labute approximate surface area is 741 Å². The van der Waals surface area contributed by atoms with Gasteiger partial charge in [-0.3, -0.25) is 38.4 Å². The van der Waals surface area contributed by atoms with Crippen molar-refractivity contribution < 1.29 is 137 Å². The van der Waals surface area contributed by atoms with Gasteiger partial charge in [0.05, 0.1) is 23.8 Å². The summed E-state index contributed by atoms with van der Waals surface area (Å²) in [5.74, 6) is -16.8. The van der Waals surface area contributed by atoms with Crippen LogP contribution < -0.4 is 66.2 Å². The van der Waals surface area contributed by atoms with Gasteiger partial charge in [-0.15, -0.1) is 0 Å². The van der Waals surface area contributed by atoms with Crippen LogP contribution in [-0.4, -0.2) is 247 Å². The van der Waals surface area contributed by atoms with Crippen LogP contribution >= 0.6 is 23.2 Å². The van der Waals surface area contributed by atoms with Gasteiger partial charge >= 0.3 is 5.97 Å². The maximum Gasteiger partial charge on any atom is 0.337 e. The first-order valence-electron chi connectivity index (χ1n) is 41.7. The summed E-state index contributed by atoms with van der Waals surface area (Å²) in [7, 11) is 4.20. The summed E-state index contributed by atoms with van der Waals surface area (Å²) in [4.78, 5) is 143. The zero-order chi connectivity index (χ0) is 91.4. The van der Waals surface area contributed by atoms with Gasteiger partial charge in [-0.05, 0) is 127 Å². The van der Waals surface area contributed by atoms with Crippen LogP contribution in [0.1, 0.15) is 140 Å². The Bertz CT molecular complexity index is 5370. The number of aliphatic hydroxyl groups is 7. The second-order valence-electron chi connectivity index (χ2n) is 32.2. The normalized spacial score (nSPS) is 26.6. The SMILES string of the molecule is CCCCCCCCCCC(=O)N[C@H]1[C@H](Oc2c3cc4cc2Oc2ccc(cc2Cl)[C@@H](O)[C@@H]2NC(=O)[C@H](NC(=O)[C@@H]4NC(=O)[C@H]4NC(=O)[C@@H](Cc5ccc(cc5)O3)NC(=O)[C@@H](NC)c3ccc(O)c(c3)Oc3cc(O)c(Cl)c4c3)c3ccc(O)c(c3)-c3c(O[C@H]4O[C@H](CO)[C@@H](O)[C@H](O)[C@@H]4O)cc(O)cc3[C@H](C(=O)N3CCN(C)CC3)NC2=O)O[C@H](C(=O)OC)[C@@H](O)[C@@H]1O. The van der Waals surface area contributed by atoms with Crippen LogP contribution in [0.25, 0.3) is 11.1 Å². The fourth-order valence-electron chi connectivity index (χ4n) is 16.4. The molecule has 18 atom stereocenters. The Hall–Kier alpha value is -11.9. The van der Waals surface area contributed by atoms with E-state index in [9.17, 15) is 70.6 Å². The number of amides is 8. The number of methoxy groups -OCH3 is 1. The summed E-state index contributed by atoms with van der Waals surface area (Å²) in [6.07, 6.45) is -14.2. The first kappa shape index (κ1) is 92.3. The molecular weight excluding hydrogens is 1720 g/mol. The molecule has 9 aliphatic rings. The van der Waals surface area contributed by atoms with Gasteiger partial charge < -0.3 is 146 Å². The summed E-state index contributed by atoms with van der Waals surface area (Å²) < 4.78 is 50.0. The number of halogens is 2. The molecule has 40 heteroatoms. The van der Waals surface area contributed by atoms with Crippen LogP contribution in [0.2, 0.25) is 10.0 Å². The molecule has 7 aromatic carbocycles. The number of piperazine rings is 1. The van der Waals surface area contributed by atoms with Crippen molar-refractivity contribution in [1.82, 2.24) is 52.3 Å². The Morgan fingerprint density at radius 3 is 1.88 bits per heavy atom. The smallest absolute Gasteiger partial charge is 0.337 e. The van der Waals surface area contributed by atoms with E-state index in [0.29, 0.717) is 18.4 Å². The van der Waals surface area contributed by atoms with Gasteiger partial charge in [-0.1, -0.05) is 105 Å². The van der Waals surface area contributed by atoms with Crippen LogP contribution in [-0.2, 0) is 63.8 Å². The molecule has 0 radical (unpaired) electrons. The van der Waals surface area contributed by atoms with Gasteiger partial charge in [0.2, 0.25) is 65.6 Å². The number of nitrogens with zero attached hydrogens (tertiary/aromatic N) is 2. The highest BCUT2D eigenvalue weighted by Gasteiger charge is 2.52. The largest absolute Gasteiger partial charge is 0.508 e.